The fourth-order valence-electron chi connectivity index (χ4n) is 2.91. The lowest BCUT2D eigenvalue weighted by atomic mass is 10.2. The summed E-state index contributed by atoms with van der Waals surface area (Å²) in [7, 11) is 0. The molecule has 4 rings (SSSR count). The molecule has 31 heavy (non-hydrogen) atoms. The van der Waals surface area contributed by atoms with Crippen molar-refractivity contribution in [2.45, 2.75) is 18.7 Å². The zero-order valence-electron chi connectivity index (χ0n) is 17.1. The summed E-state index contributed by atoms with van der Waals surface area (Å²) in [5, 5.41) is 11.7. The normalized spacial score (nSPS) is 10.6. The lowest BCUT2D eigenvalue weighted by Crippen LogP contribution is -2.14. The summed E-state index contributed by atoms with van der Waals surface area (Å²) < 4.78 is 7.65. The number of ether oxygens (including phenoxy) is 1. The van der Waals surface area contributed by atoms with Crippen molar-refractivity contribution in [3.63, 3.8) is 0 Å². The average molecular weight is 431 g/mol. The first-order valence-electron chi connectivity index (χ1n) is 9.84. The molecule has 156 valence electrons. The van der Waals surface area contributed by atoms with Crippen LogP contribution in [0.3, 0.4) is 0 Å². The summed E-state index contributed by atoms with van der Waals surface area (Å²) in [5.74, 6) is 0.875. The third-order valence-corrected chi connectivity index (χ3v) is 5.49. The summed E-state index contributed by atoms with van der Waals surface area (Å²) in [6.45, 7) is 2.54. The maximum Gasteiger partial charge on any atom is 0.234 e. The maximum absolute atomic E-state index is 12.4. The molecule has 3 aromatic carbocycles. The lowest BCUT2D eigenvalue weighted by Gasteiger charge is -2.09. The molecule has 1 amide bonds. The summed E-state index contributed by atoms with van der Waals surface area (Å²) >= 11 is 1.34. The first kappa shape index (κ1) is 20.7. The number of hydrogen-bond acceptors (Lipinski definition) is 5. The first-order valence-corrected chi connectivity index (χ1v) is 10.8. The summed E-state index contributed by atoms with van der Waals surface area (Å²) in [4.78, 5) is 12.4. The van der Waals surface area contributed by atoms with Crippen LogP contribution in [0.2, 0.25) is 0 Å². The van der Waals surface area contributed by atoms with Gasteiger partial charge < -0.3 is 10.1 Å². The van der Waals surface area contributed by atoms with Crippen molar-refractivity contribution in [1.29, 1.82) is 0 Å². The van der Waals surface area contributed by atoms with E-state index in [2.05, 4.69) is 15.5 Å². The second-order valence-corrected chi connectivity index (χ2v) is 7.90. The fourth-order valence-corrected chi connectivity index (χ4v) is 3.64. The van der Waals surface area contributed by atoms with Crippen molar-refractivity contribution in [1.82, 2.24) is 14.8 Å². The number of amides is 1. The van der Waals surface area contributed by atoms with E-state index in [4.69, 9.17) is 4.74 Å². The lowest BCUT2D eigenvalue weighted by molar-refractivity contribution is -0.113. The van der Waals surface area contributed by atoms with Gasteiger partial charge in [0.1, 0.15) is 18.7 Å². The van der Waals surface area contributed by atoms with Gasteiger partial charge in [-0.1, -0.05) is 59.8 Å². The number of benzene rings is 3. The minimum atomic E-state index is -0.110. The number of nitrogens with zero attached hydrogens (tertiary/aromatic N) is 3. The van der Waals surface area contributed by atoms with Gasteiger partial charge in [-0.05, 0) is 48.9 Å². The van der Waals surface area contributed by atoms with Crippen molar-refractivity contribution in [3.8, 4) is 11.4 Å². The van der Waals surface area contributed by atoms with E-state index >= 15 is 0 Å². The average Bonchev–Trinajstić information content (AvgIpc) is 3.27. The first-order chi connectivity index (χ1) is 15.2. The molecular formula is C24H22N4O2S. The van der Waals surface area contributed by atoms with Crippen molar-refractivity contribution in [2.75, 3.05) is 11.1 Å². The Morgan fingerprint density at radius 2 is 1.74 bits per heavy atom. The van der Waals surface area contributed by atoms with Crippen LogP contribution in [0.15, 0.2) is 90.3 Å². The van der Waals surface area contributed by atoms with E-state index in [-0.39, 0.29) is 11.7 Å². The fraction of sp³-hybridized carbons (Fsp3) is 0.125. The number of hydrogen-bond donors (Lipinski definition) is 1. The predicted molar refractivity (Wildman–Crippen MR) is 123 cm³/mol. The van der Waals surface area contributed by atoms with Crippen LogP contribution in [0.25, 0.3) is 5.69 Å². The van der Waals surface area contributed by atoms with Crippen molar-refractivity contribution < 1.29 is 9.53 Å². The Balaban J connectivity index is 1.28. The zero-order valence-corrected chi connectivity index (χ0v) is 17.9. The third-order valence-electron chi connectivity index (χ3n) is 4.55. The molecule has 0 atom stereocenters. The van der Waals surface area contributed by atoms with E-state index in [9.17, 15) is 4.79 Å². The molecule has 0 unspecified atom stereocenters. The third kappa shape index (κ3) is 5.73. The minimum absolute atomic E-state index is 0.110. The molecule has 1 aromatic heterocycles. The Bertz CT molecular complexity index is 1130. The Morgan fingerprint density at radius 3 is 2.48 bits per heavy atom. The highest BCUT2D eigenvalue weighted by Gasteiger charge is 2.10. The van der Waals surface area contributed by atoms with Gasteiger partial charge in [-0.25, -0.2) is 0 Å². The Hall–Kier alpha value is -3.58. The van der Waals surface area contributed by atoms with Gasteiger partial charge in [-0.3, -0.25) is 9.36 Å². The van der Waals surface area contributed by atoms with Gasteiger partial charge in [0.15, 0.2) is 5.16 Å². The predicted octanol–water partition coefficient (Wildman–Crippen LogP) is 4.89. The molecule has 0 bridgehead atoms. The SMILES string of the molecule is Cc1ccc(-n2cnnc2SCC(=O)Nc2ccc(OCc3ccccc3)cc2)cc1. The van der Waals surface area contributed by atoms with Crippen LogP contribution >= 0.6 is 11.8 Å². The molecule has 0 spiro atoms. The highest BCUT2D eigenvalue weighted by Crippen LogP contribution is 2.21. The number of anilines is 1. The van der Waals surface area contributed by atoms with Crippen molar-refractivity contribution in [2.24, 2.45) is 0 Å². The maximum atomic E-state index is 12.4. The molecule has 0 saturated carbocycles. The molecule has 0 aliphatic carbocycles. The summed E-state index contributed by atoms with van der Waals surface area (Å²) in [6, 6.07) is 25.4. The smallest absolute Gasteiger partial charge is 0.234 e. The standard InChI is InChI=1S/C24H22N4O2S/c1-18-7-11-21(12-8-18)28-17-25-27-24(28)31-16-23(29)26-20-9-13-22(14-10-20)30-15-19-5-3-2-4-6-19/h2-14,17H,15-16H2,1H3,(H,26,29). The van der Waals surface area contributed by atoms with E-state index < -0.39 is 0 Å². The van der Waals surface area contributed by atoms with Gasteiger partial charge in [0.2, 0.25) is 5.91 Å². The molecule has 0 radical (unpaired) electrons. The van der Waals surface area contributed by atoms with Crippen LogP contribution in [0, 0.1) is 6.92 Å². The van der Waals surface area contributed by atoms with Crippen LogP contribution in [0.4, 0.5) is 5.69 Å². The molecule has 6 nitrogen and oxygen atoms in total. The highest BCUT2D eigenvalue weighted by molar-refractivity contribution is 7.99. The van der Waals surface area contributed by atoms with E-state index in [0.29, 0.717) is 11.8 Å². The second-order valence-electron chi connectivity index (χ2n) is 6.95. The quantitative estimate of drug-likeness (QED) is 0.403. The molecule has 0 fully saturated rings. The summed E-state index contributed by atoms with van der Waals surface area (Å²) in [5.41, 5.74) is 3.97. The number of aryl methyl sites for hydroxylation is 1. The molecule has 7 heteroatoms. The second kappa shape index (κ2) is 9.95. The Kier molecular flexibility index (Phi) is 6.64. The van der Waals surface area contributed by atoms with Crippen LogP contribution in [-0.2, 0) is 11.4 Å². The van der Waals surface area contributed by atoms with Gasteiger partial charge in [-0.15, -0.1) is 10.2 Å². The van der Waals surface area contributed by atoms with Crippen LogP contribution < -0.4 is 10.1 Å². The molecule has 0 aliphatic heterocycles. The summed E-state index contributed by atoms with van der Waals surface area (Å²) in [6.07, 6.45) is 1.65. The monoisotopic (exact) mass is 430 g/mol. The van der Waals surface area contributed by atoms with E-state index in [0.717, 1.165) is 22.7 Å². The Morgan fingerprint density at radius 1 is 1.00 bits per heavy atom. The van der Waals surface area contributed by atoms with Gasteiger partial charge >= 0.3 is 0 Å². The topological polar surface area (TPSA) is 69.0 Å². The largest absolute Gasteiger partial charge is 0.489 e. The molecule has 0 aliphatic rings. The van der Waals surface area contributed by atoms with E-state index in [1.807, 2.05) is 90.4 Å². The number of thioether (sulfide) groups is 1. The van der Waals surface area contributed by atoms with E-state index in [1.54, 1.807) is 6.33 Å². The number of nitrogens with one attached hydrogen (secondary N) is 1. The van der Waals surface area contributed by atoms with Gasteiger partial charge in [0.25, 0.3) is 0 Å². The number of aromatic nitrogens is 3. The highest BCUT2D eigenvalue weighted by atomic mass is 32.2. The van der Waals surface area contributed by atoms with Crippen molar-refractivity contribution in [3.05, 3.63) is 96.3 Å². The van der Waals surface area contributed by atoms with Crippen molar-refractivity contribution >= 4 is 23.4 Å². The van der Waals surface area contributed by atoms with Gasteiger partial charge in [0.05, 0.1) is 5.75 Å². The zero-order chi connectivity index (χ0) is 21.5. The number of rotatable bonds is 8. The Labute approximate surface area is 185 Å². The van der Waals surface area contributed by atoms with Crippen LogP contribution in [0.1, 0.15) is 11.1 Å². The molecule has 0 saturated heterocycles. The molecule has 1 N–H and O–H groups in total. The van der Waals surface area contributed by atoms with Crippen LogP contribution in [-0.4, -0.2) is 26.4 Å². The van der Waals surface area contributed by atoms with Crippen LogP contribution in [0.5, 0.6) is 5.75 Å². The molecular weight excluding hydrogens is 408 g/mol. The minimum Gasteiger partial charge on any atom is -0.489 e. The van der Waals surface area contributed by atoms with E-state index in [1.165, 1.54) is 17.3 Å². The van der Waals surface area contributed by atoms with Gasteiger partial charge in [0, 0.05) is 11.4 Å². The number of carbonyl (C=O) groups is 1. The molecule has 4 aromatic rings. The van der Waals surface area contributed by atoms with Gasteiger partial charge in [-0.2, -0.15) is 0 Å². The molecule has 1 heterocycles. The number of carbonyl (C=O) groups excluding carboxylic acids is 1.